The Morgan fingerprint density at radius 2 is 1.92 bits per heavy atom. The lowest BCUT2D eigenvalue weighted by atomic mass is 10.1. The minimum Gasteiger partial charge on any atom is -0.370 e. The molecular formula is C19H20N4O3. The number of benzene rings is 1. The first-order valence-electron chi connectivity index (χ1n) is 8.57. The Morgan fingerprint density at radius 1 is 1.15 bits per heavy atom. The first-order chi connectivity index (χ1) is 12.6. The van der Waals surface area contributed by atoms with E-state index in [4.69, 9.17) is 0 Å². The average molecular weight is 352 g/mol. The number of para-hydroxylation sites is 1. The molecule has 1 aromatic carbocycles. The van der Waals surface area contributed by atoms with E-state index in [0.717, 1.165) is 18.8 Å². The predicted octanol–water partition coefficient (Wildman–Crippen LogP) is 3.63. The highest BCUT2D eigenvalue weighted by molar-refractivity contribution is 6.01. The molecule has 0 bridgehead atoms. The second-order valence-corrected chi connectivity index (χ2v) is 6.09. The molecule has 1 aliphatic rings. The van der Waals surface area contributed by atoms with Gasteiger partial charge in [-0.15, -0.1) is 0 Å². The number of rotatable bonds is 5. The fourth-order valence-corrected chi connectivity index (χ4v) is 2.93. The Bertz CT molecular complexity index is 812. The number of nitro benzene ring substituents is 1. The SMILES string of the molecule is O=C(C=Cc1ccccc1[N+](=O)[O-])Nc1ccc(N2CCCCC2)cn1. The van der Waals surface area contributed by atoms with E-state index in [-0.39, 0.29) is 11.6 Å². The van der Waals surface area contributed by atoms with Crippen LogP contribution < -0.4 is 10.2 Å². The second-order valence-electron chi connectivity index (χ2n) is 6.09. The molecule has 26 heavy (non-hydrogen) atoms. The molecule has 1 saturated heterocycles. The lowest BCUT2D eigenvalue weighted by Gasteiger charge is -2.28. The molecule has 2 aromatic rings. The molecule has 3 rings (SSSR count). The molecule has 1 amide bonds. The maximum atomic E-state index is 12.0. The number of nitrogens with zero attached hydrogens (tertiary/aromatic N) is 3. The molecule has 1 N–H and O–H groups in total. The minimum absolute atomic E-state index is 0.0411. The number of hydrogen-bond donors (Lipinski definition) is 1. The van der Waals surface area contributed by atoms with E-state index in [2.05, 4.69) is 15.2 Å². The standard InChI is InChI=1S/C19H20N4O3/c24-19(11-8-15-6-2-3-7-17(15)23(25)26)21-18-10-9-16(14-20-18)22-12-4-1-5-13-22/h2-3,6-11,14H,1,4-5,12-13H2,(H,20,21,24). The lowest BCUT2D eigenvalue weighted by molar-refractivity contribution is -0.385. The van der Waals surface area contributed by atoms with Crippen LogP contribution in [0, 0.1) is 10.1 Å². The monoisotopic (exact) mass is 352 g/mol. The Hall–Kier alpha value is -3.22. The highest BCUT2D eigenvalue weighted by Crippen LogP contribution is 2.21. The van der Waals surface area contributed by atoms with Gasteiger partial charge in [-0.2, -0.15) is 0 Å². The Labute approximate surface area is 151 Å². The van der Waals surface area contributed by atoms with Crippen LogP contribution in [0.1, 0.15) is 24.8 Å². The zero-order valence-corrected chi connectivity index (χ0v) is 14.3. The van der Waals surface area contributed by atoms with Crippen LogP contribution in [0.15, 0.2) is 48.7 Å². The molecule has 2 heterocycles. The summed E-state index contributed by atoms with van der Waals surface area (Å²) < 4.78 is 0. The van der Waals surface area contributed by atoms with Crippen molar-refractivity contribution in [1.29, 1.82) is 0 Å². The zero-order valence-electron chi connectivity index (χ0n) is 14.3. The summed E-state index contributed by atoms with van der Waals surface area (Å²) in [6.45, 7) is 2.07. The number of carbonyl (C=O) groups is 1. The van der Waals surface area contributed by atoms with Crippen molar-refractivity contribution >= 4 is 29.2 Å². The smallest absolute Gasteiger partial charge is 0.276 e. The van der Waals surface area contributed by atoms with Gasteiger partial charge in [-0.25, -0.2) is 4.98 Å². The van der Waals surface area contributed by atoms with Crippen molar-refractivity contribution in [3.05, 3.63) is 64.3 Å². The number of hydrogen-bond acceptors (Lipinski definition) is 5. The summed E-state index contributed by atoms with van der Waals surface area (Å²) >= 11 is 0. The van der Waals surface area contributed by atoms with Crippen LogP contribution in [-0.4, -0.2) is 28.9 Å². The van der Waals surface area contributed by atoms with Gasteiger partial charge in [-0.3, -0.25) is 14.9 Å². The summed E-state index contributed by atoms with van der Waals surface area (Å²) in [5.41, 5.74) is 1.39. The van der Waals surface area contributed by atoms with Crippen molar-refractivity contribution in [3.63, 3.8) is 0 Å². The number of amides is 1. The molecular weight excluding hydrogens is 332 g/mol. The first kappa shape index (κ1) is 17.6. The summed E-state index contributed by atoms with van der Waals surface area (Å²) in [7, 11) is 0. The molecule has 7 heteroatoms. The van der Waals surface area contributed by atoms with Gasteiger partial charge in [0.05, 0.1) is 22.4 Å². The van der Waals surface area contributed by atoms with Gasteiger partial charge in [0.1, 0.15) is 5.82 Å². The van der Waals surface area contributed by atoms with Crippen LogP contribution >= 0.6 is 0 Å². The van der Waals surface area contributed by atoms with Gasteiger partial charge in [0.25, 0.3) is 5.69 Å². The summed E-state index contributed by atoms with van der Waals surface area (Å²) in [6, 6.07) is 9.97. The molecule has 1 aliphatic heterocycles. The molecule has 1 fully saturated rings. The fourth-order valence-electron chi connectivity index (χ4n) is 2.93. The van der Waals surface area contributed by atoms with Gasteiger partial charge in [-0.1, -0.05) is 12.1 Å². The van der Waals surface area contributed by atoms with Crippen LogP contribution in [-0.2, 0) is 4.79 Å². The summed E-state index contributed by atoms with van der Waals surface area (Å²) in [5, 5.41) is 13.6. The first-order valence-corrected chi connectivity index (χ1v) is 8.57. The van der Waals surface area contributed by atoms with E-state index in [1.54, 1.807) is 30.5 Å². The summed E-state index contributed by atoms with van der Waals surface area (Å²) in [6.07, 6.45) is 8.10. The normalized spacial score (nSPS) is 14.4. The fraction of sp³-hybridized carbons (Fsp3) is 0.263. The Kier molecular flexibility index (Phi) is 5.58. The molecule has 0 aliphatic carbocycles. The number of pyridine rings is 1. The van der Waals surface area contributed by atoms with Crippen molar-refractivity contribution in [2.24, 2.45) is 0 Å². The molecule has 1 aromatic heterocycles. The summed E-state index contributed by atoms with van der Waals surface area (Å²) in [5.74, 6) is 0.0596. The van der Waals surface area contributed by atoms with E-state index < -0.39 is 4.92 Å². The third-order valence-electron chi connectivity index (χ3n) is 4.27. The van der Waals surface area contributed by atoms with E-state index in [9.17, 15) is 14.9 Å². The number of aromatic nitrogens is 1. The molecule has 0 unspecified atom stereocenters. The van der Waals surface area contributed by atoms with E-state index >= 15 is 0 Å². The Balaban J connectivity index is 1.62. The third-order valence-corrected chi connectivity index (χ3v) is 4.27. The van der Waals surface area contributed by atoms with Gasteiger partial charge in [0.15, 0.2) is 0 Å². The summed E-state index contributed by atoms with van der Waals surface area (Å²) in [4.78, 5) is 29.1. The topological polar surface area (TPSA) is 88.4 Å². The maximum absolute atomic E-state index is 12.0. The molecule has 0 atom stereocenters. The third kappa shape index (κ3) is 4.44. The second kappa shape index (κ2) is 8.24. The molecule has 0 radical (unpaired) electrons. The molecule has 7 nitrogen and oxygen atoms in total. The number of nitrogens with one attached hydrogen (secondary N) is 1. The highest BCUT2D eigenvalue weighted by Gasteiger charge is 2.12. The molecule has 0 saturated carbocycles. The van der Waals surface area contributed by atoms with E-state index in [0.29, 0.717) is 11.4 Å². The van der Waals surface area contributed by atoms with Crippen molar-refractivity contribution in [2.45, 2.75) is 19.3 Å². The molecule has 0 spiro atoms. The van der Waals surface area contributed by atoms with E-state index in [1.165, 1.54) is 37.5 Å². The minimum atomic E-state index is -0.474. The van der Waals surface area contributed by atoms with E-state index in [1.807, 2.05) is 6.07 Å². The van der Waals surface area contributed by atoms with Gasteiger partial charge < -0.3 is 10.2 Å². The zero-order chi connectivity index (χ0) is 18.4. The quantitative estimate of drug-likeness (QED) is 0.504. The van der Waals surface area contributed by atoms with Crippen LogP contribution in [0.3, 0.4) is 0 Å². The van der Waals surface area contributed by atoms with Crippen LogP contribution in [0.4, 0.5) is 17.2 Å². The van der Waals surface area contributed by atoms with Gasteiger partial charge >= 0.3 is 0 Å². The number of carbonyl (C=O) groups excluding carboxylic acids is 1. The van der Waals surface area contributed by atoms with Crippen LogP contribution in [0.2, 0.25) is 0 Å². The Morgan fingerprint density at radius 3 is 2.62 bits per heavy atom. The van der Waals surface area contributed by atoms with Gasteiger partial charge in [0.2, 0.25) is 5.91 Å². The van der Waals surface area contributed by atoms with Crippen molar-refractivity contribution in [3.8, 4) is 0 Å². The van der Waals surface area contributed by atoms with Gasteiger partial charge in [0, 0.05) is 25.2 Å². The number of anilines is 2. The maximum Gasteiger partial charge on any atom is 0.276 e. The number of nitro groups is 1. The van der Waals surface area contributed by atoms with Crippen molar-refractivity contribution < 1.29 is 9.72 Å². The van der Waals surface area contributed by atoms with Gasteiger partial charge in [-0.05, 0) is 43.5 Å². The average Bonchev–Trinajstić information content (AvgIpc) is 2.68. The largest absolute Gasteiger partial charge is 0.370 e. The van der Waals surface area contributed by atoms with Crippen molar-refractivity contribution in [2.75, 3.05) is 23.3 Å². The van der Waals surface area contributed by atoms with Crippen molar-refractivity contribution in [1.82, 2.24) is 4.98 Å². The lowest BCUT2D eigenvalue weighted by Crippen LogP contribution is -2.29. The molecule has 134 valence electrons. The predicted molar refractivity (Wildman–Crippen MR) is 101 cm³/mol. The highest BCUT2D eigenvalue weighted by atomic mass is 16.6. The number of piperidine rings is 1. The van der Waals surface area contributed by atoms with Crippen LogP contribution in [0.25, 0.3) is 6.08 Å². The van der Waals surface area contributed by atoms with Crippen LogP contribution in [0.5, 0.6) is 0 Å².